The van der Waals surface area contributed by atoms with E-state index in [1.54, 1.807) is 6.20 Å². The highest BCUT2D eigenvalue weighted by molar-refractivity contribution is 5.78. The van der Waals surface area contributed by atoms with E-state index in [1.165, 1.54) is 41.4 Å². The maximum Gasteiger partial charge on any atom is 0.132 e. The van der Waals surface area contributed by atoms with Crippen LogP contribution in [0.3, 0.4) is 0 Å². The van der Waals surface area contributed by atoms with Gasteiger partial charge in [-0.1, -0.05) is 6.07 Å². The smallest absolute Gasteiger partial charge is 0.132 e. The topological polar surface area (TPSA) is 86.0 Å². The number of nitrogens with zero attached hydrogens (tertiary/aromatic N) is 3. The largest absolute Gasteiger partial charge is 0.383 e. The average molecular weight is 373 g/mol. The van der Waals surface area contributed by atoms with Crippen LogP contribution in [-0.2, 0) is 17.8 Å². The zero-order chi connectivity index (χ0) is 18.9. The van der Waals surface area contributed by atoms with Crippen LogP contribution in [0.15, 0.2) is 43.0 Å². The third-order valence-corrected chi connectivity index (χ3v) is 5.68. The molecular weight excluding hydrogens is 350 g/mol. The molecule has 3 N–H and O–H groups in total. The SMILES string of the molecule is Nc1ncc(-c2cc3c(c([C@H]4CCCN4)c2)COCC3)cc1-c1ccncn1. The molecule has 0 aliphatic carbocycles. The number of aromatic nitrogens is 3. The standard InChI is InChI=1S/C22H23N5O/c23-22-18(21-3-6-24-13-27-21)10-16(11-26-22)15-8-14-4-7-28-12-19(14)17(9-15)20-2-1-5-25-20/h3,6,8-11,13,20,25H,1-2,4-5,7,12H2,(H2,23,26)/t20-/m1/s1. The summed E-state index contributed by atoms with van der Waals surface area (Å²) in [6.07, 6.45) is 8.44. The fraction of sp³-hybridized carbons (Fsp3) is 0.318. The Hall–Kier alpha value is -2.83. The molecule has 0 unspecified atom stereocenters. The van der Waals surface area contributed by atoms with Gasteiger partial charge in [-0.3, -0.25) is 0 Å². The Labute approximate surface area is 164 Å². The molecule has 0 radical (unpaired) electrons. The molecule has 4 heterocycles. The van der Waals surface area contributed by atoms with Crippen molar-refractivity contribution in [1.82, 2.24) is 20.3 Å². The number of pyridine rings is 1. The summed E-state index contributed by atoms with van der Waals surface area (Å²) in [6, 6.07) is 8.92. The molecule has 1 atom stereocenters. The van der Waals surface area contributed by atoms with Crippen molar-refractivity contribution < 1.29 is 4.74 Å². The molecule has 1 saturated heterocycles. The first-order chi connectivity index (χ1) is 13.8. The van der Waals surface area contributed by atoms with Crippen molar-refractivity contribution in [2.24, 2.45) is 0 Å². The second kappa shape index (κ2) is 7.30. The monoisotopic (exact) mass is 373 g/mol. The van der Waals surface area contributed by atoms with Gasteiger partial charge in [-0.15, -0.1) is 0 Å². The molecule has 3 aromatic rings. The molecule has 0 saturated carbocycles. The van der Waals surface area contributed by atoms with Crippen LogP contribution in [-0.4, -0.2) is 28.1 Å². The third-order valence-electron chi connectivity index (χ3n) is 5.68. The summed E-state index contributed by atoms with van der Waals surface area (Å²) in [5.41, 5.74) is 14.1. The van der Waals surface area contributed by atoms with Crippen molar-refractivity contribution in [2.75, 3.05) is 18.9 Å². The van der Waals surface area contributed by atoms with Gasteiger partial charge in [0.2, 0.25) is 0 Å². The van der Waals surface area contributed by atoms with E-state index in [-0.39, 0.29) is 0 Å². The van der Waals surface area contributed by atoms with Gasteiger partial charge < -0.3 is 15.8 Å². The third kappa shape index (κ3) is 3.15. The molecule has 2 aliphatic rings. The maximum absolute atomic E-state index is 6.14. The van der Waals surface area contributed by atoms with Gasteiger partial charge in [0.15, 0.2) is 0 Å². The lowest BCUT2D eigenvalue weighted by atomic mass is 9.88. The highest BCUT2D eigenvalue weighted by atomic mass is 16.5. The van der Waals surface area contributed by atoms with Crippen LogP contribution in [0.1, 0.15) is 35.6 Å². The Kier molecular flexibility index (Phi) is 4.50. The zero-order valence-electron chi connectivity index (χ0n) is 15.7. The number of nitrogen functional groups attached to an aromatic ring is 1. The van der Waals surface area contributed by atoms with Crippen LogP contribution in [0.2, 0.25) is 0 Å². The molecule has 2 aliphatic heterocycles. The van der Waals surface area contributed by atoms with Gasteiger partial charge in [-0.05, 0) is 66.3 Å². The van der Waals surface area contributed by atoms with E-state index in [0.717, 1.165) is 36.4 Å². The molecule has 5 rings (SSSR count). The maximum atomic E-state index is 6.14. The summed E-state index contributed by atoms with van der Waals surface area (Å²) in [5.74, 6) is 0.478. The minimum absolute atomic E-state index is 0.401. The summed E-state index contributed by atoms with van der Waals surface area (Å²) < 4.78 is 5.76. The molecule has 6 heteroatoms. The van der Waals surface area contributed by atoms with Gasteiger partial charge in [0.05, 0.1) is 18.9 Å². The van der Waals surface area contributed by atoms with E-state index in [2.05, 4.69) is 38.5 Å². The molecule has 2 aromatic heterocycles. The van der Waals surface area contributed by atoms with Crippen LogP contribution in [0.25, 0.3) is 22.4 Å². The number of nitrogens with two attached hydrogens (primary N) is 1. The van der Waals surface area contributed by atoms with Crippen molar-refractivity contribution in [1.29, 1.82) is 0 Å². The highest BCUT2D eigenvalue weighted by Crippen LogP contribution is 2.36. The fourth-order valence-corrected chi connectivity index (χ4v) is 4.23. The van der Waals surface area contributed by atoms with Gasteiger partial charge in [0, 0.05) is 29.6 Å². The van der Waals surface area contributed by atoms with Gasteiger partial charge >= 0.3 is 0 Å². The van der Waals surface area contributed by atoms with Crippen molar-refractivity contribution in [3.8, 4) is 22.4 Å². The minimum atomic E-state index is 0.401. The number of nitrogens with one attached hydrogen (secondary N) is 1. The fourth-order valence-electron chi connectivity index (χ4n) is 4.23. The number of rotatable bonds is 3. The van der Waals surface area contributed by atoms with Crippen LogP contribution in [0, 0.1) is 0 Å². The van der Waals surface area contributed by atoms with E-state index in [4.69, 9.17) is 10.5 Å². The summed E-state index contributed by atoms with van der Waals surface area (Å²) in [7, 11) is 0. The molecular formula is C22H23N5O. The lowest BCUT2D eigenvalue weighted by molar-refractivity contribution is 0.109. The molecule has 0 spiro atoms. The van der Waals surface area contributed by atoms with Crippen molar-refractivity contribution in [3.05, 3.63) is 59.7 Å². The number of ether oxygens (including phenoxy) is 1. The van der Waals surface area contributed by atoms with Gasteiger partial charge in [0.25, 0.3) is 0 Å². The summed E-state index contributed by atoms with van der Waals surface area (Å²) in [4.78, 5) is 12.8. The number of hydrogen-bond donors (Lipinski definition) is 2. The van der Waals surface area contributed by atoms with Crippen molar-refractivity contribution >= 4 is 5.82 Å². The summed E-state index contributed by atoms with van der Waals surface area (Å²) in [6.45, 7) is 2.56. The van der Waals surface area contributed by atoms with Crippen molar-refractivity contribution in [2.45, 2.75) is 31.9 Å². The van der Waals surface area contributed by atoms with E-state index < -0.39 is 0 Å². The lowest BCUT2D eigenvalue weighted by Crippen LogP contribution is -2.19. The Morgan fingerprint density at radius 2 is 2.11 bits per heavy atom. The second-order valence-corrected chi connectivity index (χ2v) is 7.41. The molecule has 1 aromatic carbocycles. The molecule has 28 heavy (non-hydrogen) atoms. The molecule has 142 valence electrons. The van der Waals surface area contributed by atoms with Gasteiger partial charge in [-0.25, -0.2) is 15.0 Å². The van der Waals surface area contributed by atoms with Crippen LogP contribution < -0.4 is 11.1 Å². The summed E-state index contributed by atoms with van der Waals surface area (Å²) in [5, 5.41) is 3.64. The Bertz CT molecular complexity index is 999. The predicted molar refractivity (Wildman–Crippen MR) is 108 cm³/mol. The Morgan fingerprint density at radius 1 is 1.14 bits per heavy atom. The van der Waals surface area contributed by atoms with Crippen LogP contribution in [0.4, 0.5) is 5.82 Å². The first-order valence-electron chi connectivity index (χ1n) is 9.79. The quantitative estimate of drug-likeness (QED) is 0.733. The predicted octanol–water partition coefficient (Wildman–Crippen LogP) is 3.29. The van der Waals surface area contributed by atoms with E-state index >= 15 is 0 Å². The van der Waals surface area contributed by atoms with E-state index in [9.17, 15) is 0 Å². The minimum Gasteiger partial charge on any atom is -0.383 e. The second-order valence-electron chi connectivity index (χ2n) is 7.41. The molecule has 0 bridgehead atoms. The number of benzene rings is 1. The Balaban J connectivity index is 1.62. The first-order valence-corrected chi connectivity index (χ1v) is 9.79. The van der Waals surface area contributed by atoms with Crippen molar-refractivity contribution in [3.63, 3.8) is 0 Å². The highest BCUT2D eigenvalue weighted by Gasteiger charge is 2.24. The van der Waals surface area contributed by atoms with E-state index in [1.807, 2.05) is 12.3 Å². The number of anilines is 1. The number of fused-ring (bicyclic) bond motifs is 1. The molecule has 0 amide bonds. The van der Waals surface area contributed by atoms with E-state index in [0.29, 0.717) is 18.5 Å². The lowest BCUT2D eigenvalue weighted by Gasteiger charge is -2.25. The van der Waals surface area contributed by atoms with Crippen LogP contribution >= 0.6 is 0 Å². The van der Waals surface area contributed by atoms with Gasteiger partial charge in [0.1, 0.15) is 12.1 Å². The normalized spacial score (nSPS) is 18.8. The molecule has 6 nitrogen and oxygen atoms in total. The van der Waals surface area contributed by atoms with Crippen LogP contribution in [0.5, 0.6) is 0 Å². The average Bonchev–Trinajstić information content (AvgIpc) is 3.29. The molecule has 1 fully saturated rings. The Morgan fingerprint density at radius 3 is 2.93 bits per heavy atom. The first kappa shape index (κ1) is 17.3. The number of hydrogen-bond acceptors (Lipinski definition) is 6. The zero-order valence-corrected chi connectivity index (χ0v) is 15.7. The van der Waals surface area contributed by atoms with Gasteiger partial charge in [-0.2, -0.15) is 0 Å². The summed E-state index contributed by atoms with van der Waals surface area (Å²) >= 11 is 0.